The first kappa shape index (κ1) is 17.7. The van der Waals surface area contributed by atoms with Crippen molar-refractivity contribution in [3.8, 4) is 0 Å². The lowest BCUT2D eigenvalue weighted by atomic mass is 9.89. The zero-order chi connectivity index (χ0) is 16.9. The Bertz CT molecular complexity index is 579. The average Bonchev–Trinajstić information content (AvgIpc) is 2.37. The Kier molecular flexibility index (Phi) is 5.68. The van der Waals surface area contributed by atoms with Gasteiger partial charge in [-0.2, -0.15) is 0 Å². The standard InChI is InChI=1S/C16H22N2O4/c1-10(2)14(20)18-12-7-5-6-11(8-12)17-13(19)9-16(3,4)15(21)22/h5-8,10H,9H2,1-4H3,(H,17,19)(H,18,20)(H,21,22). The van der Waals surface area contributed by atoms with Crippen LogP contribution >= 0.6 is 0 Å². The molecule has 0 unspecified atom stereocenters. The molecule has 0 atom stereocenters. The van der Waals surface area contributed by atoms with Crippen LogP contribution in [0.5, 0.6) is 0 Å². The van der Waals surface area contributed by atoms with Gasteiger partial charge in [0.05, 0.1) is 5.41 Å². The molecular formula is C16H22N2O4. The summed E-state index contributed by atoms with van der Waals surface area (Å²) >= 11 is 0. The van der Waals surface area contributed by atoms with Gasteiger partial charge in [-0.15, -0.1) is 0 Å². The molecule has 6 heteroatoms. The van der Waals surface area contributed by atoms with E-state index in [2.05, 4.69) is 10.6 Å². The smallest absolute Gasteiger partial charge is 0.309 e. The second-order valence-corrected chi connectivity index (χ2v) is 6.14. The fourth-order valence-electron chi connectivity index (χ4n) is 1.64. The maximum absolute atomic E-state index is 11.9. The van der Waals surface area contributed by atoms with Gasteiger partial charge in [-0.3, -0.25) is 14.4 Å². The number of carbonyl (C=O) groups is 3. The quantitative estimate of drug-likeness (QED) is 0.753. The van der Waals surface area contributed by atoms with Crippen LogP contribution in [0.1, 0.15) is 34.1 Å². The lowest BCUT2D eigenvalue weighted by Crippen LogP contribution is -2.29. The minimum absolute atomic E-state index is 0.115. The summed E-state index contributed by atoms with van der Waals surface area (Å²) in [5.41, 5.74) is -0.0465. The summed E-state index contributed by atoms with van der Waals surface area (Å²) < 4.78 is 0. The van der Waals surface area contributed by atoms with Crippen LogP contribution in [0.4, 0.5) is 11.4 Å². The number of benzene rings is 1. The Labute approximate surface area is 129 Å². The number of hydrogen-bond donors (Lipinski definition) is 3. The van der Waals surface area contributed by atoms with Gasteiger partial charge < -0.3 is 15.7 Å². The van der Waals surface area contributed by atoms with Crippen LogP contribution in [0.3, 0.4) is 0 Å². The summed E-state index contributed by atoms with van der Waals surface area (Å²) in [6, 6.07) is 6.73. The van der Waals surface area contributed by atoms with Crippen LogP contribution in [-0.2, 0) is 14.4 Å². The van der Waals surface area contributed by atoms with Crippen LogP contribution in [0.2, 0.25) is 0 Å². The highest BCUT2D eigenvalue weighted by atomic mass is 16.4. The third-order valence-electron chi connectivity index (χ3n) is 3.12. The molecule has 120 valence electrons. The van der Waals surface area contributed by atoms with Gasteiger partial charge in [0, 0.05) is 23.7 Å². The minimum atomic E-state index is -1.13. The van der Waals surface area contributed by atoms with E-state index < -0.39 is 11.4 Å². The highest BCUT2D eigenvalue weighted by Gasteiger charge is 2.30. The molecule has 0 heterocycles. The molecular weight excluding hydrogens is 284 g/mol. The normalized spacial score (nSPS) is 11.1. The SMILES string of the molecule is CC(C)C(=O)Nc1cccc(NC(=O)CC(C)(C)C(=O)O)c1. The first-order valence-corrected chi connectivity index (χ1v) is 7.06. The molecule has 0 aliphatic heterocycles. The summed E-state index contributed by atoms with van der Waals surface area (Å²) in [4.78, 5) is 34.6. The van der Waals surface area contributed by atoms with Gasteiger partial charge in [0.25, 0.3) is 0 Å². The number of anilines is 2. The number of hydrogen-bond acceptors (Lipinski definition) is 3. The molecule has 3 N–H and O–H groups in total. The molecule has 0 radical (unpaired) electrons. The van der Waals surface area contributed by atoms with Crippen molar-refractivity contribution in [3.63, 3.8) is 0 Å². The minimum Gasteiger partial charge on any atom is -0.481 e. The molecule has 0 spiro atoms. The largest absolute Gasteiger partial charge is 0.481 e. The third-order valence-corrected chi connectivity index (χ3v) is 3.12. The summed E-state index contributed by atoms with van der Waals surface area (Å²) in [5.74, 6) is -1.68. The van der Waals surface area contributed by atoms with Gasteiger partial charge in [-0.25, -0.2) is 0 Å². The molecule has 1 aromatic rings. The number of carboxylic acids is 1. The number of nitrogens with one attached hydrogen (secondary N) is 2. The molecule has 0 saturated heterocycles. The first-order chi connectivity index (χ1) is 10.1. The van der Waals surface area contributed by atoms with E-state index in [1.54, 1.807) is 38.1 Å². The zero-order valence-corrected chi connectivity index (χ0v) is 13.3. The monoisotopic (exact) mass is 306 g/mol. The molecule has 22 heavy (non-hydrogen) atoms. The maximum Gasteiger partial charge on any atom is 0.309 e. The van der Waals surface area contributed by atoms with Gasteiger partial charge in [0.15, 0.2) is 0 Å². The molecule has 0 aliphatic carbocycles. The van der Waals surface area contributed by atoms with Crippen LogP contribution in [0.25, 0.3) is 0 Å². The second-order valence-electron chi connectivity index (χ2n) is 6.14. The van der Waals surface area contributed by atoms with Crippen molar-refractivity contribution in [2.75, 3.05) is 10.6 Å². The van der Waals surface area contributed by atoms with E-state index in [4.69, 9.17) is 5.11 Å². The Balaban J connectivity index is 2.72. The molecule has 6 nitrogen and oxygen atoms in total. The van der Waals surface area contributed by atoms with E-state index in [0.717, 1.165) is 0 Å². The van der Waals surface area contributed by atoms with Crippen molar-refractivity contribution in [2.24, 2.45) is 11.3 Å². The molecule has 0 saturated carbocycles. The molecule has 2 amide bonds. The number of rotatable bonds is 6. The van der Waals surface area contributed by atoms with Crippen molar-refractivity contribution in [1.82, 2.24) is 0 Å². The molecule has 0 aromatic heterocycles. The lowest BCUT2D eigenvalue weighted by molar-refractivity contribution is -0.149. The van der Waals surface area contributed by atoms with Crippen LogP contribution in [0, 0.1) is 11.3 Å². The fraction of sp³-hybridized carbons (Fsp3) is 0.438. The number of carbonyl (C=O) groups excluding carboxylic acids is 2. The van der Waals surface area contributed by atoms with Crippen LogP contribution in [0.15, 0.2) is 24.3 Å². The van der Waals surface area contributed by atoms with Gasteiger partial charge in [0.2, 0.25) is 11.8 Å². The van der Waals surface area contributed by atoms with Crippen LogP contribution in [-0.4, -0.2) is 22.9 Å². The third kappa shape index (κ3) is 5.20. The summed E-state index contributed by atoms with van der Waals surface area (Å²) in [6.45, 7) is 6.56. The van der Waals surface area contributed by atoms with E-state index in [1.807, 2.05) is 0 Å². The van der Waals surface area contributed by atoms with Gasteiger partial charge in [0.1, 0.15) is 0 Å². The maximum atomic E-state index is 11.9. The number of carboxylic acid groups (broad SMARTS) is 1. The average molecular weight is 306 g/mol. The Morgan fingerprint density at radius 1 is 1.14 bits per heavy atom. The van der Waals surface area contributed by atoms with E-state index in [-0.39, 0.29) is 24.2 Å². The Morgan fingerprint density at radius 2 is 1.68 bits per heavy atom. The van der Waals surface area contributed by atoms with E-state index in [0.29, 0.717) is 11.4 Å². The molecule has 0 bridgehead atoms. The second kappa shape index (κ2) is 7.06. The number of aliphatic carboxylic acids is 1. The Morgan fingerprint density at radius 3 is 2.18 bits per heavy atom. The highest BCUT2D eigenvalue weighted by molar-refractivity contribution is 5.96. The van der Waals surface area contributed by atoms with E-state index >= 15 is 0 Å². The van der Waals surface area contributed by atoms with E-state index in [9.17, 15) is 14.4 Å². The van der Waals surface area contributed by atoms with E-state index in [1.165, 1.54) is 13.8 Å². The predicted molar refractivity (Wildman–Crippen MR) is 84.6 cm³/mol. The van der Waals surface area contributed by atoms with Crippen LogP contribution < -0.4 is 10.6 Å². The molecule has 1 rings (SSSR count). The van der Waals surface area contributed by atoms with Crippen molar-refractivity contribution in [1.29, 1.82) is 0 Å². The topological polar surface area (TPSA) is 95.5 Å². The highest BCUT2D eigenvalue weighted by Crippen LogP contribution is 2.22. The van der Waals surface area contributed by atoms with Gasteiger partial charge >= 0.3 is 5.97 Å². The van der Waals surface area contributed by atoms with Gasteiger partial charge in [-0.1, -0.05) is 19.9 Å². The first-order valence-electron chi connectivity index (χ1n) is 7.06. The van der Waals surface area contributed by atoms with Crippen molar-refractivity contribution >= 4 is 29.2 Å². The predicted octanol–water partition coefficient (Wildman–Crippen LogP) is 2.72. The molecule has 0 aliphatic rings. The Hall–Kier alpha value is -2.37. The van der Waals surface area contributed by atoms with Crippen molar-refractivity contribution < 1.29 is 19.5 Å². The van der Waals surface area contributed by atoms with Crippen molar-refractivity contribution in [2.45, 2.75) is 34.1 Å². The van der Waals surface area contributed by atoms with Crippen molar-refractivity contribution in [3.05, 3.63) is 24.3 Å². The fourth-order valence-corrected chi connectivity index (χ4v) is 1.64. The summed E-state index contributed by atoms with van der Waals surface area (Å²) in [6.07, 6.45) is -0.134. The summed E-state index contributed by atoms with van der Waals surface area (Å²) in [7, 11) is 0. The zero-order valence-electron chi connectivity index (χ0n) is 13.3. The lowest BCUT2D eigenvalue weighted by Gasteiger charge is -2.18. The summed E-state index contributed by atoms with van der Waals surface area (Å²) in [5, 5.41) is 14.4. The van der Waals surface area contributed by atoms with Gasteiger partial charge in [-0.05, 0) is 32.0 Å². The molecule has 0 fully saturated rings. The molecule has 1 aromatic carbocycles. The number of amides is 2.